The molecule has 0 saturated heterocycles. The number of unbranched alkanes of at least 4 members (excludes halogenated alkanes) is 13. The van der Waals surface area contributed by atoms with Gasteiger partial charge in [-0.3, -0.25) is 18.6 Å². The largest absolute Gasteiger partial charge is 0.472 e. The van der Waals surface area contributed by atoms with Gasteiger partial charge in [-0.25, -0.2) is 4.57 Å². The fraction of sp³-hybridized carbons (Fsp3) is 0.733. The standard InChI is InChI=1S/C45H77O13P/c1-3-5-7-9-11-13-15-17-19-21-23-25-27-29-31-33-38(46)55-35-37(36-56-59(53,54)58-45-43(51)41(49)40(48)42(50)44(45)52)57-39(47)34-32-30-28-26-24-22-20-18-16-14-12-10-8-6-4-2/h6,8,11-14,17-20,37,40-45,48-52H,3-5,7,9-10,15-16,21-36H2,1-2H3,(H,53,54)/b8-6-,13-11-,14-12-,19-17-,20-18-/t37-,40?,41-,42?,43?,44?,45?/m1/s1. The summed E-state index contributed by atoms with van der Waals surface area (Å²) in [4.78, 5) is 35.6. The molecular formula is C45H77O13P. The van der Waals surface area contributed by atoms with Gasteiger partial charge in [0.1, 0.15) is 43.2 Å². The third-order valence-electron chi connectivity index (χ3n) is 9.84. The van der Waals surface area contributed by atoms with Gasteiger partial charge in [0.25, 0.3) is 0 Å². The number of hydrogen-bond donors (Lipinski definition) is 6. The molecule has 1 fully saturated rings. The highest BCUT2D eigenvalue weighted by Gasteiger charge is 2.51. The van der Waals surface area contributed by atoms with E-state index in [9.17, 15) is 44.6 Å². The molecule has 8 atom stereocenters. The number of phosphoric ester groups is 1. The van der Waals surface area contributed by atoms with Crippen LogP contribution >= 0.6 is 7.82 Å². The number of phosphoric acid groups is 1. The van der Waals surface area contributed by atoms with Crippen molar-refractivity contribution in [2.45, 2.75) is 198 Å². The molecule has 0 bridgehead atoms. The molecule has 0 amide bonds. The second-order valence-corrected chi connectivity index (χ2v) is 16.6. The first-order valence-corrected chi connectivity index (χ1v) is 23.6. The number of aliphatic hydroxyl groups is 5. The second-order valence-electron chi connectivity index (χ2n) is 15.2. The van der Waals surface area contributed by atoms with Crippen LogP contribution in [0.25, 0.3) is 0 Å². The third kappa shape index (κ3) is 27.9. The van der Waals surface area contributed by atoms with Crippen LogP contribution in [-0.2, 0) is 32.7 Å². The van der Waals surface area contributed by atoms with Gasteiger partial charge in [0.2, 0.25) is 0 Å². The lowest BCUT2D eigenvalue weighted by Crippen LogP contribution is -2.64. The van der Waals surface area contributed by atoms with E-state index < -0.39 is 75.7 Å². The van der Waals surface area contributed by atoms with Gasteiger partial charge in [-0.15, -0.1) is 0 Å². The predicted molar refractivity (Wildman–Crippen MR) is 230 cm³/mol. The summed E-state index contributed by atoms with van der Waals surface area (Å²) in [5, 5.41) is 50.1. The molecule has 6 N–H and O–H groups in total. The van der Waals surface area contributed by atoms with Crippen LogP contribution in [0, 0.1) is 0 Å². The Balaban J connectivity index is 2.51. The molecule has 14 heteroatoms. The number of carbonyl (C=O) groups excluding carboxylic acids is 2. The van der Waals surface area contributed by atoms with Crippen LogP contribution in [0.2, 0.25) is 0 Å². The van der Waals surface area contributed by atoms with Crippen LogP contribution in [0.15, 0.2) is 60.8 Å². The normalized spacial score (nSPS) is 22.9. The molecule has 59 heavy (non-hydrogen) atoms. The highest BCUT2D eigenvalue weighted by molar-refractivity contribution is 7.47. The van der Waals surface area contributed by atoms with Crippen LogP contribution < -0.4 is 0 Å². The molecule has 1 saturated carbocycles. The fourth-order valence-corrected chi connectivity index (χ4v) is 7.24. The zero-order chi connectivity index (χ0) is 43.6. The molecule has 0 aliphatic heterocycles. The van der Waals surface area contributed by atoms with E-state index in [1.54, 1.807) is 0 Å². The van der Waals surface area contributed by atoms with E-state index in [0.29, 0.717) is 12.8 Å². The van der Waals surface area contributed by atoms with Crippen LogP contribution in [0.3, 0.4) is 0 Å². The molecule has 0 aromatic rings. The minimum Gasteiger partial charge on any atom is -0.462 e. The summed E-state index contributed by atoms with van der Waals surface area (Å²) >= 11 is 0. The summed E-state index contributed by atoms with van der Waals surface area (Å²) in [7, 11) is -5.13. The number of rotatable bonds is 35. The van der Waals surface area contributed by atoms with E-state index in [0.717, 1.165) is 96.3 Å². The van der Waals surface area contributed by atoms with Crippen molar-refractivity contribution < 1.29 is 63.1 Å². The molecule has 0 aromatic carbocycles. The van der Waals surface area contributed by atoms with E-state index in [-0.39, 0.29) is 12.8 Å². The molecule has 0 radical (unpaired) electrons. The van der Waals surface area contributed by atoms with Crippen molar-refractivity contribution in [3.05, 3.63) is 60.8 Å². The molecule has 1 aliphatic carbocycles. The van der Waals surface area contributed by atoms with Gasteiger partial charge in [0, 0.05) is 12.8 Å². The van der Waals surface area contributed by atoms with E-state index in [4.69, 9.17) is 18.5 Å². The topological polar surface area (TPSA) is 210 Å². The van der Waals surface area contributed by atoms with Crippen LogP contribution in [0.1, 0.15) is 155 Å². The summed E-state index contributed by atoms with van der Waals surface area (Å²) < 4.78 is 33.4. The smallest absolute Gasteiger partial charge is 0.462 e. The van der Waals surface area contributed by atoms with Gasteiger partial charge >= 0.3 is 19.8 Å². The first-order valence-electron chi connectivity index (χ1n) is 22.1. The van der Waals surface area contributed by atoms with Crippen molar-refractivity contribution in [3.63, 3.8) is 0 Å². The van der Waals surface area contributed by atoms with Gasteiger partial charge in [-0.2, -0.15) is 0 Å². The Hall–Kier alpha value is -2.45. The van der Waals surface area contributed by atoms with Crippen molar-refractivity contribution in [1.29, 1.82) is 0 Å². The molecule has 13 nitrogen and oxygen atoms in total. The summed E-state index contributed by atoms with van der Waals surface area (Å²) in [5.41, 5.74) is 0. The first kappa shape index (κ1) is 54.6. The molecule has 1 rings (SSSR count). The van der Waals surface area contributed by atoms with Crippen LogP contribution in [-0.4, -0.2) is 98.3 Å². The van der Waals surface area contributed by atoms with Crippen molar-refractivity contribution in [2.24, 2.45) is 0 Å². The Morgan fingerprint density at radius 3 is 1.47 bits per heavy atom. The molecule has 6 unspecified atom stereocenters. The Morgan fingerprint density at radius 2 is 0.966 bits per heavy atom. The van der Waals surface area contributed by atoms with Crippen molar-refractivity contribution in [1.82, 2.24) is 0 Å². The molecule has 0 spiro atoms. The maximum atomic E-state index is 12.8. The highest BCUT2D eigenvalue weighted by Crippen LogP contribution is 2.47. The Labute approximate surface area is 353 Å². The Kier molecular flexibility index (Phi) is 32.5. The molecule has 1 aliphatic rings. The van der Waals surface area contributed by atoms with Crippen LogP contribution in [0.5, 0.6) is 0 Å². The number of allylic oxidation sites excluding steroid dienone is 10. The lowest BCUT2D eigenvalue weighted by Gasteiger charge is -2.41. The van der Waals surface area contributed by atoms with E-state index in [1.807, 2.05) is 0 Å². The Morgan fingerprint density at radius 1 is 0.542 bits per heavy atom. The van der Waals surface area contributed by atoms with Gasteiger partial charge in [0.05, 0.1) is 6.61 Å². The number of carbonyl (C=O) groups is 2. The van der Waals surface area contributed by atoms with Crippen LogP contribution in [0.4, 0.5) is 0 Å². The van der Waals surface area contributed by atoms with Crippen molar-refractivity contribution >= 4 is 19.8 Å². The first-order chi connectivity index (χ1) is 28.4. The summed E-state index contributed by atoms with van der Waals surface area (Å²) in [6, 6.07) is 0. The van der Waals surface area contributed by atoms with Crippen molar-refractivity contribution in [2.75, 3.05) is 13.2 Å². The summed E-state index contributed by atoms with van der Waals surface area (Å²) in [6.07, 6.45) is 28.5. The van der Waals surface area contributed by atoms with Gasteiger partial charge in [0.15, 0.2) is 6.10 Å². The number of esters is 2. The highest BCUT2D eigenvalue weighted by atomic mass is 31.2. The lowest BCUT2D eigenvalue weighted by atomic mass is 9.85. The number of aliphatic hydroxyl groups excluding tert-OH is 5. The zero-order valence-electron chi connectivity index (χ0n) is 35.8. The average molecular weight is 857 g/mol. The van der Waals surface area contributed by atoms with Gasteiger partial charge in [-0.1, -0.05) is 126 Å². The Bertz CT molecular complexity index is 1270. The van der Waals surface area contributed by atoms with Gasteiger partial charge < -0.3 is 39.9 Å². The molecular weight excluding hydrogens is 779 g/mol. The molecule has 0 heterocycles. The average Bonchev–Trinajstić information content (AvgIpc) is 3.21. The quantitative estimate of drug-likeness (QED) is 0.0154. The lowest BCUT2D eigenvalue weighted by molar-refractivity contribution is -0.220. The van der Waals surface area contributed by atoms with Crippen molar-refractivity contribution in [3.8, 4) is 0 Å². The fourth-order valence-electron chi connectivity index (χ4n) is 6.27. The van der Waals surface area contributed by atoms with E-state index in [2.05, 4.69) is 74.6 Å². The monoisotopic (exact) mass is 857 g/mol. The number of hydrogen-bond acceptors (Lipinski definition) is 12. The van der Waals surface area contributed by atoms with E-state index >= 15 is 0 Å². The minimum atomic E-state index is -5.13. The summed E-state index contributed by atoms with van der Waals surface area (Å²) in [6.45, 7) is 3.12. The maximum Gasteiger partial charge on any atom is 0.472 e. The maximum absolute atomic E-state index is 12.8. The molecule has 0 aromatic heterocycles. The summed E-state index contributed by atoms with van der Waals surface area (Å²) in [5.74, 6) is -1.14. The zero-order valence-corrected chi connectivity index (χ0v) is 36.7. The third-order valence-corrected chi connectivity index (χ3v) is 10.8. The minimum absolute atomic E-state index is 0.0714. The second kappa shape index (κ2) is 35.2. The van der Waals surface area contributed by atoms with E-state index in [1.165, 1.54) is 19.3 Å². The molecule has 340 valence electrons. The SMILES string of the molecule is CC/C=C\C/C=C\C/C=C\CCCCCCCC(=O)O[C@H](COC(=O)CCCCCCC/C=C\C/C=C\CCCCC)COP(=O)(O)OC1C(O)C(O)C(O)[C@@H](O)C1O. The van der Waals surface area contributed by atoms with Gasteiger partial charge in [-0.05, 0) is 77.0 Å². The number of ether oxygens (including phenoxy) is 2. The predicted octanol–water partition coefficient (Wildman–Crippen LogP) is 8.16.